The van der Waals surface area contributed by atoms with E-state index in [4.69, 9.17) is 10.2 Å². The summed E-state index contributed by atoms with van der Waals surface area (Å²) < 4.78 is 0. The summed E-state index contributed by atoms with van der Waals surface area (Å²) in [6, 6.07) is 0. The minimum absolute atomic E-state index is 0. The number of nitrogens with zero attached hydrogens (tertiary/aromatic N) is 3. The van der Waals surface area contributed by atoms with Crippen molar-refractivity contribution in [2.45, 2.75) is 12.2 Å². The van der Waals surface area contributed by atoms with Gasteiger partial charge in [-0.3, -0.25) is 4.99 Å². The summed E-state index contributed by atoms with van der Waals surface area (Å²) in [4.78, 5) is 8.57. The molecule has 0 bridgehead atoms. The van der Waals surface area contributed by atoms with Gasteiger partial charge in [0.1, 0.15) is 0 Å². The molecule has 7 heteroatoms. The molecule has 0 aromatic rings. The molecule has 6 nitrogen and oxygen atoms in total. The van der Waals surface area contributed by atoms with E-state index in [1.165, 1.54) is 0 Å². The minimum atomic E-state index is -0.133. The van der Waals surface area contributed by atoms with E-state index in [-0.39, 0.29) is 24.6 Å². The fraction of sp³-hybridized carbons (Fsp3) is 0.900. The molecule has 100 valence electrons. The first-order valence-corrected chi connectivity index (χ1v) is 5.74. The molecule has 0 unspecified atom stereocenters. The number of likely N-dealkylation sites (N-methyl/N-ethyl adjacent to an activating group) is 1. The van der Waals surface area contributed by atoms with Crippen LogP contribution in [0.2, 0.25) is 0 Å². The highest BCUT2D eigenvalue weighted by atomic mass is 35.5. The van der Waals surface area contributed by atoms with Gasteiger partial charge in [0, 0.05) is 39.8 Å². The Bertz CT molecular complexity index is 267. The van der Waals surface area contributed by atoms with E-state index in [0.717, 1.165) is 45.2 Å². The van der Waals surface area contributed by atoms with Crippen LogP contribution in [0.1, 0.15) is 0 Å². The van der Waals surface area contributed by atoms with Gasteiger partial charge in [-0.15, -0.1) is 12.4 Å². The highest BCUT2D eigenvalue weighted by Crippen LogP contribution is 2.12. The van der Waals surface area contributed by atoms with Gasteiger partial charge in [0.2, 0.25) is 0 Å². The smallest absolute Gasteiger partial charge is 0.196 e. The zero-order chi connectivity index (χ0) is 11.5. The van der Waals surface area contributed by atoms with Gasteiger partial charge >= 0.3 is 0 Å². The van der Waals surface area contributed by atoms with Crippen LogP contribution in [0.4, 0.5) is 0 Å². The minimum Gasteiger partial charge on any atom is -0.390 e. The number of aliphatic hydroxyl groups excluding tert-OH is 2. The van der Waals surface area contributed by atoms with E-state index >= 15 is 0 Å². The quantitative estimate of drug-likeness (QED) is 0.488. The van der Waals surface area contributed by atoms with E-state index < -0.39 is 0 Å². The molecular formula is C10H21ClN4O2. The van der Waals surface area contributed by atoms with Crippen molar-refractivity contribution in [3.05, 3.63) is 0 Å². The van der Waals surface area contributed by atoms with Crippen LogP contribution in [0.15, 0.2) is 4.99 Å². The van der Waals surface area contributed by atoms with Crippen molar-refractivity contribution in [2.24, 2.45) is 4.99 Å². The third kappa shape index (κ3) is 3.70. The Morgan fingerprint density at radius 2 is 1.82 bits per heavy atom. The molecule has 0 radical (unpaired) electrons. The molecule has 3 heterocycles. The molecule has 0 atom stereocenters. The fourth-order valence-corrected chi connectivity index (χ4v) is 1.75. The lowest BCUT2D eigenvalue weighted by Gasteiger charge is -2.39. The molecule has 17 heavy (non-hydrogen) atoms. The molecule has 3 aliphatic heterocycles. The third-order valence-electron chi connectivity index (χ3n) is 2.94. The predicted molar refractivity (Wildman–Crippen MR) is 68.6 cm³/mol. The first-order chi connectivity index (χ1) is 7.66. The maximum atomic E-state index is 9.05. The van der Waals surface area contributed by atoms with Crippen LogP contribution >= 0.6 is 12.4 Å². The number of halogens is 1. The molecule has 3 aliphatic rings. The second kappa shape index (κ2) is 6.39. The molecule has 0 aromatic carbocycles. The summed E-state index contributed by atoms with van der Waals surface area (Å²) in [7, 11) is 2.04. The number of likely N-dealkylation sites (tertiary alicyclic amines) is 1. The van der Waals surface area contributed by atoms with Gasteiger partial charge in [-0.05, 0) is 0 Å². The SMILES string of the molecule is CN1CCN=C1N1CC(O)C1.Cl.OC1CNC1. The van der Waals surface area contributed by atoms with E-state index in [2.05, 4.69) is 20.1 Å². The Hall–Kier alpha value is -0.560. The topological polar surface area (TPSA) is 71.3 Å². The molecule has 2 fully saturated rings. The lowest BCUT2D eigenvalue weighted by Crippen LogP contribution is -2.56. The Balaban J connectivity index is 0.000000205. The summed E-state index contributed by atoms with van der Waals surface area (Å²) in [6.07, 6.45) is -0.179. The van der Waals surface area contributed by atoms with Gasteiger partial charge in [0.05, 0.1) is 18.8 Å². The maximum Gasteiger partial charge on any atom is 0.196 e. The number of guanidine groups is 1. The highest BCUT2D eigenvalue weighted by Gasteiger charge is 2.30. The van der Waals surface area contributed by atoms with Crippen molar-refractivity contribution < 1.29 is 10.2 Å². The number of hydrogen-bond donors (Lipinski definition) is 3. The van der Waals surface area contributed by atoms with Crippen LogP contribution in [0, 0.1) is 0 Å². The van der Waals surface area contributed by atoms with Crippen LogP contribution in [0.25, 0.3) is 0 Å². The van der Waals surface area contributed by atoms with Crippen LogP contribution in [-0.4, -0.2) is 84.5 Å². The van der Waals surface area contributed by atoms with Crippen molar-refractivity contribution in [1.29, 1.82) is 0 Å². The molecule has 3 N–H and O–H groups in total. The predicted octanol–water partition coefficient (Wildman–Crippen LogP) is -1.66. The van der Waals surface area contributed by atoms with Crippen molar-refractivity contribution in [3.63, 3.8) is 0 Å². The molecule has 0 saturated carbocycles. The first-order valence-electron chi connectivity index (χ1n) is 5.74. The Morgan fingerprint density at radius 1 is 1.24 bits per heavy atom. The molecule has 2 saturated heterocycles. The molecular weight excluding hydrogens is 244 g/mol. The van der Waals surface area contributed by atoms with Gasteiger partial charge in [-0.1, -0.05) is 0 Å². The van der Waals surface area contributed by atoms with Crippen LogP contribution in [-0.2, 0) is 0 Å². The van der Waals surface area contributed by atoms with Gasteiger partial charge < -0.3 is 25.3 Å². The monoisotopic (exact) mass is 264 g/mol. The Morgan fingerprint density at radius 3 is 2.12 bits per heavy atom. The second-order valence-corrected chi connectivity index (χ2v) is 4.47. The zero-order valence-corrected chi connectivity index (χ0v) is 10.9. The lowest BCUT2D eigenvalue weighted by molar-refractivity contribution is 0.0407. The molecule has 0 amide bonds. The molecule has 0 aliphatic carbocycles. The van der Waals surface area contributed by atoms with Gasteiger partial charge in [0.15, 0.2) is 5.96 Å². The number of β-amino-alcohol motifs (C(OH)–C–C–N with tert-alkyl or cyclic N) is 2. The normalized spacial score (nSPS) is 24.1. The number of hydrogen-bond acceptors (Lipinski definition) is 6. The average Bonchev–Trinajstić information content (AvgIpc) is 2.57. The molecule has 3 rings (SSSR count). The van der Waals surface area contributed by atoms with Crippen molar-refractivity contribution in [1.82, 2.24) is 15.1 Å². The highest BCUT2D eigenvalue weighted by molar-refractivity contribution is 5.85. The van der Waals surface area contributed by atoms with Crippen LogP contribution in [0.5, 0.6) is 0 Å². The van der Waals surface area contributed by atoms with Gasteiger partial charge in [0.25, 0.3) is 0 Å². The fourth-order valence-electron chi connectivity index (χ4n) is 1.75. The van der Waals surface area contributed by atoms with E-state index in [1.807, 2.05) is 7.05 Å². The van der Waals surface area contributed by atoms with Gasteiger partial charge in [-0.25, -0.2) is 0 Å². The van der Waals surface area contributed by atoms with E-state index in [0.29, 0.717) is 0 Å². The number of rotatable bonds is 0. The zero-order valence-electron chi connectivity index (χ0n) is 10.0. The van der Waals surface area contributed by atoms with Crippen molar-refractivity contribution >= 4 is 18.4 Å². The van der Waals surface area contributed by atoms with Gasteiger partial charge in [-0.2, -0.15) is 0 Å². The van der Waals surface area contributed by atoms with E-state index in [9.17, 15) is 0 Å². The summed E-state index contributed by atoms with van der Waals surface area (Å²) in [5, 5.41) is 20.3. The largest absolute Gasteiger partial charge is 0.390 e. The summed E-state index contributed by atoms with van der Waals surface area (Å²) >= 11 is 0. The summed E-state index contributed by atoms with van der Waals surface area (Å²) in [5.74, 6) is 1.05. The standard InChI is InChI=1S/C7H13N3O.C3H7NO.ClH/c1-9-3-2-8-7(9)10-4-6(11)5-10;5-3-1-4-2-3;/h6,11H,2-5H2,1H3;3-5H,1-2H2;1H. The first kappa shape index (κ1) is 14.5. The second-order valence-electron chi connectivity index (χ2n) is 4.47. The molecule has 0 spiro atoms. The van der Waals surface area contributed by atoms with Crippen LogP contribution < -0.4 is 5.32 Å². The Kier molecular flexibility index (Phi) is 5.45. The summed E-state index contributed by atoms with van der Waals surface area (Å²) in [5.41, 5.74) is 0. The third-order valence-corrected chi connectivity index (χ3v) is 2.94. The van der Waals surface area contributed by atoms with Crippen molar-refractivity contribution in [2.75, 3.05) is 46.3 Å². The maximum absolute atomic E-state index is 9.05. The lowest BCUT2D eigenvalue weighted by atomic mass is 10.2. The molecule has 0 aromatic heterocycles. The average molecular weight is 265 g/mol. The number of aliphatic imine (C=N–C) groups is 1. The number of nitrogens with one attached hydrogen (secondary N) is 1. The van der Waals surface area contributed by atoms with E-state index in [1.54, 1.807) is 0 Å². The summed E-state index contributed by atoms with van der Waals surface area (Å²) in [6.45, 7) is 5.01. The number of aliphatic hydroxyl groups is 2. The van der Waals surface area contributed by atoms with Crippen LogP contribution in [0.3, 0.4) is 0 Å². The Labute approximate surface area is 108 Å². The van der Waals surface area contributed by atoms with Crippen molar-refractivity contribution in [3.8, 4) is 0 Å².